The van der Waals surface area contributed by atoms with Gasteiger partial charge in [-0.05, 0) is 101 Å². The van der Waals surface area contributed by atoms with Crippen LogP contribution in [0.15, 0.2) is 42.5 Å². The molecule has 44 heavy (non-hydrogen) atoms. The van der Waals surface area contributed by atoms with Gasteiger partial charge in [0.2, 0.25) is 0 Å². The molecular formula is C34H50N4O6. The summed E-state index contributed by atoms with van der Waals surface area (Å²) in [6, 6.07) is 11.3. The SMILES string of the molecule is COc1ccc(NC(=O)Nc2ccc3c(c2)C(=O)N([C@H](C)CO)C[C@@H](C)[C@H](CN(C)CC2CC2)OCCCC[C@@H](C)O3)cc1. The highest BCUT2D eigenvalue weighted by molar-refractivity contribution is 6.02. The van der Waals surface area contributed by atoms with Crippen molar-refractivity contribution in [3.05, 3.63) is 48.0 Å². The Hall–Kier alpha value is -3.34. The van der Waals surface area contributed by atoms with Crippen molar-refractivity contribution < 1.29 is 28.9 Å². The predicted molar refractivity (Wildman–Crippen MR) is 173 cm³/mol. The number of carbonyl (C=O) groups is 2. The van der Waals surface area contributed by atoms with E-state index in [0.29, 0.717) is 41.6 Å². The summed E-state index contributed by atoms with van der Waals surface area (Å²) in [5.74, 6) is 1.69. The molecular weight excluding hydrogens is 560 g/mol. The normalized spacial score (nSPS) is 22.4. The summed E-state index contributed by atoms with van der Waals surface area (Å²) in [6.45, 7) is 8.71. The van der Waals surface area contributed by atoms with Crippen molar-refractivity contribution in [2.75, 3.05) is 57.6 Å². The van der Waals surface area contributed by atoms with Crippen LogP contribution in [0.1, 0.15) is 63.2 Å². The fourth-order valence-corrected chi connectivity index (χ4v) is 5.55. The third-order valence-corrected chi connectivity index (χ3v) is 8.42. The first-order chi connectivity index (χ1) is 21.2. The molecule has 1 saturated carbocycles. The van der Waals surface area contributed by atoms with Gasteiger partial charge in [-0.3, -0.25) is 4.79 Å². The molecule has 1 aliphatic carbocycles. The van der Waals surface area contributed by atoms with Gasteiger partial charge in [0.15, 0.2) is 0 Å². The fraction of sp³-hybridized carbons (Fsp3) is 0.588. The number of methoxy groups -OCH3 is 1. The van der Waals surface area contributed by atoms with Crippen molar-refractivity contribution in [3.8, 4) is 11.5 Å². The lowest BCUT2D eigenvalue weighted by Crippen LogP contribution is -2.47. The summed E-state index contributed by atoms with van der Waals surface area (Å²) in [5.41, 5.74) is 1.39. The number of hydrogen-bond donors (Lipinski definition) is 3. The molecule has 0 unspecified atom stereocenters. The Kier molecular flexibility index (Phi) is 12.3. The van der Waals surface area contributed by atoms with E-state index in [4.69, 9.17) is 14.2 Å². The molecule has 2 aromatic carbocycles. The number of hydrogen-bond acceptors (Lipinski definition) is 7. The van der Waals surface area contributed by atoms with Gasteiger partial charge in [-0.25, -0.2) is 4.79 Å². The highest BCUT2D eigenvalue weighted by Gasteiger charge is 2.31. The lowest BCUT2D eigenvalue weighted by molar-refractivity contribution is -0.0172. The molecule has 0 radical (unpaired) electrons. The number of fused-ring (bicyclic) bond motifs is 1. The van der Waals surface area contributed by atoms with Gasteiger partial charge in [-0.1, -0.05) is 6.92 Å². The summed E-state index contributed by atoms with van der Waals surface area (Å²) in [4.78, 5) is 31.2. The monoisotopic (exact) mass is 610 g/mol. The van der Waals surface area contributed by atoms with Gasteiger partial charge in [-0.15, -0.1) is 0 Å². The second kappa shape index (κ2) is 16.1. The number of amides is 3. The Labute approximate surface area is 262 Å². The van der Waals surface area contributed by atoms with Crippen LogP contribution in [-0.4, -0.2) is 92.1 Å². The first-order valence-corrected chi connectivity index (χ1v) is 15.9. The molecule has 242 valence electrons. The number of anilines is 2. The van der Waals surface area contributed by atoms with Crippen LogP contribution < -0.4 is 20.1 Å². The van der Waals surface area contributed by atoms with Crippen molar-refractivity contribution in [2.45, 2.75) is 71.1 Å². The molecule has 1 fully saturated rings. The average Bonchev–Trinajstić information content (AvgIpc) is 3.82. The second-order valence-corrected chi connectivity index (χ2v) is 12.5. The Balaban J connectivity index is 1.57. The number of rotatable bonds is 9. The van der Waals surface area contributed by atoms with E-state index in [1.54, 1.807) is 54.5 Å². The maximum Gasteiger partial charge on any atom is 0.323 e. The quantitative estimate of drug-likeness (QED) is 0.345. The third-order valence-electron chi connectivity index (χ3n) is 8.42. The summed E-state index contributed by atoms with van der Waals surface area (Å²) < 4.78 is 17.9. The first kappa shape index (κ1) is 33.6. The largest absolute Gasteiger partial charge is 0.497 e. The maximum atomic E-state index is 14.3. The van der Waals surface area contributed by atoms with Crippen LogP contribution in [0.3, 0.4) is 0 Å². The molecule has 3 N–H and O–H groups in total. The number of carbonyl (C=O) groups excluding carboxylic acids is 2. The zero-order valence-corrected chi connectivity index (χ0v) is 26.9. The number of aliphatic hydroxyl groups excluding tert-OH is 1. The van der Waals surface area contributed by atoms with E-state index in [2.05, 4.69) is 29.5 Å². The van der Waals surface area contributed by atoms with Crippen molar-refractivity contribution in [1.29, 1.82) is 0 Å². The van der Waals surface area contributed by atoms with Gasteiger partial charge in [-0.2, -0.15) is 0 Å². The number of nitrogens with zero attached hydrogens (tertiary/aromatic N) is 2. The Bertz CT molecular complexity index is 1220. The minimum atomic E-state index is -0.442. The van der Waals surface area contributed by atoms with Gasteiger partial charge in [0.25, 0.3) is 5.91 Å². The van der Waals surface area contributed by atoms with Gasteiger partial charge < -0.3 is 39.8 Å². The molecule has 1 aliphatic heterocycles. The zero-order valence-electron chi connectivity index (χ0n) is 26.9. The van der Waals surface area contributed by atoms with Gasteiger partial charge in [0, 0.05) is 43.5 Å². The molecule has 3 amide bonds. The van der Waals surface area contributed by atoms with E-state index in [1.165, 1.54) is 12.8 Å². The molecule has 10 heteroatoms. The van der Waals surface area contributed by atoms with E-state index in [0.717, 1.165) is 38.3 Å². The summed E-state index contributed by atoms with van der Waals surface area (Å²) in [7, 11) is 3.73. The highest BCUT2D eigenvalue weighted by Crippen LogP contribution is 2.31. The van der Waals surface area contributed by atoms with Crippen LogP contribution in [0.2, 0.25) is 0 Å². The van der Waals surface area contributed by atoms with E-state index in [-0.39, 0.29) is 30.6 Å². The molecule has 0 bridgehead atoms. The number of likely N-dealkylation sites (N-methyl/N-ethyl adjacent to an activating group) is 1. The Morgan fingerprint density at radius 3 is 2.45 bits per heavy atom. The maximum absolute atomic E-state index is 14.3. The van der Waals surface area contributed by atoms with Crippen molar-refractivity contribution in [2.24, 2.45) is 11.8 Å². The van der Waals surface area contributed by atoms with Crippen molar-refractivity contribution >= 4 is 23.3 Å². The molecule has 4 rings (SSSR count). The van der Waals surface area contributed by atoms with Crippen LogP contribution in [0.25, 0.3) is 0 Å². The van der Waals surface area contributed by atoms with Crippen LogP contribution in [0.4, 0.5) is 16.2 Å². The second-order valence-electron chi connectivity index (χ2n) is 12.5. The van der Waals surface area contributed by atoms with E-state index >= 15 is 0 Å². The molecule has 10 nitrogen and oxygen atoms in total. The molecule has 4 atom stereocenters. The van der Waals surface area contributed by atoms with Crippen LogP contribution in [-0.2, 0) is 4.74 Å². The summed E-state index contributed by atoms with van der Waals surface area (Å²) >= 11 is 0. The van der Waals surface area contributed by atoms with Crippen LogP contribution in [0.5, 0.6) is 11.5 Å². The van der Waals surface area contributed by atoms with Crippen molar-refractivity contribution in [1.82, 2.24) is 9.80 Å². The van der Waals surface area contributed by atoms with E-state index in [9.17, 15) is 14.7 Å². The Morgan fingerprint density at radius 2 is 1.77 bits per heavy atom. The molecule has 1 heterocycles. The van der Waals surface area contributed by atoms with Gasteiger partial charge in [0.1, 0.15) is 11.5 Å². The van der Waals surface area contributed by atoms with E-state index < -0.39 is 12.1 Å². The number of ether oxygens (including phenoxy) is 3. The zero-order chi connectivity index (χ0) is 31.6. The van der Waals surface area contributed by atoms with Crippen LogP contribution in [0, 0.1) is 11.8 Å². The number of nitrogens with one attached hydrogen (secondary N) is 2. The molecule has 2 aliphatic rings. The first-order valence-electron chi connectivity index (χ1n) is 15.9. The Morgan fingerprint density at radius 1 is 1.07 bits per heavy atom. The van der Waals surface area contributed by atoms with Crippen LogP contribution >= 0.6 is 0 Å². The predicted octanol–water partition coefficient (Wildman–Crippen LogP) is 5.48. The summed E-state index contributed by atoms with van der Waals surface area (Å²) in [5, 5.41) is 15.8. The fourth-order valence-electron chi connectivity index (χ4n) is 5.55. The summed E-state index contributed by atoms with van der Waals surface area (Å²) in [6.07, 6.45) is 5.11. The average molecular weight is 611 g/mol. The molecule has 0 spiro atoms. The molecule has 2 aromatic rings. The minimum Gasteiger partial charge on any atom is -0.497 e. The molecule has 0 saturated heterocycles. The number of benzene rings is 2. The topological polar surface area (TPSA) is 113 Å². The smallest absolute Gasteiger partial charge is 0.323 e. The van der Waals surface area contributed by atoms with Crippen molar-refractivity contribution in [3.63, 3.8) is 0 Å². The van der Waals surface area contributed by atoms with E-state index in [1.807, 2.05) is 13.8 Å². The minimum absolute atomic E-state index is 0.0254. The number of urea groups is 1. The third kappa shape index (κ3) is 9.84. The number of aliphatic hydroxyl groups is 1. The van der Waals surface area contributed by atoms with Gasteiger partial charge >= 0.3 is 6.03 Å². The molecule has 0 aromatic heterocycles. The van der Waals surface area contributed by atoms with Gasteiger partial charge in [0.05, 0.1) is 37.5 Å². The lowest BCUT2D eigenvalue weighted by Gasteiger charge is -2.36. The standard InChI is InChI=1S/C34H50N4O6/c1-23-19-38(24(2)22-39)33(40)30-18-28(36-34(41)35-27-11-14-29(42-5)15-12-27)13-16-31(30)44-25(3)8-6-7-17-43-32(23)21-37(4)20-26-9-10-26/h11-16,18,23-26,32,39H,6-10,17,19-22H2,1-5H3,(H2,35,36,41)/t23-,24-,25-,32+/m1/s1. The highest BCUT2D eigenvalue weighted by atomic mass is 16.5. The lowest BCUT2D eigenvalue weighted by atomic mass is 10.0.